The Labute approximate surface area is 214 Å². The highest BCUT2D eigenvalue weighted by Gasteiger charge is 2.31. The summed E-state index contributed by atoms with van der Waals surface area (Å²) >= 11 is 0. The minimum atomic E-state index is 0.0791. The van der Waals surface area contributed by atoms with Crippen molar-refractivity contribution in [2.45, 2.75) is 67.0 Å². The van der Waals surface area contributed by atoms with Crippen molar-refractivity contribution < 1.29 is 4.79 Å². The van der Waals surface area contributed by atoms with E-state index in [-0.39, 0.29) is 11.2 Å². The van der Waals surface area contributed by atoms with Crippen LogP contribution >= 0.6 is 0 Å². The Hall–Kier alpha value is -3.66. The number of aryl methyl sites for hydroxylation is 3. The Kier molecular flexibility index (Phi) is 5.86. The maximum absolute atomic E-state index is 11.9. The summed E-state index contributed by atoms with van der Waals surface area (Å²) in [6.07, 6.45) is 0. The number of aromatic nitrogens is 2. The first-order chi connectivity index (χ1) is 17.0. The van der Waals surface area contributed by atoms with Gasteiger partial charge in [-0.2, -0.15) is 5.10 Å². The molecule has 0 saturated heterocycles. The van der Waals surface area contributed by atoms with Crippen molar-refractivity contribution in [1.82, 2.24) is 9.78 Å². The first-order valence-electron chi connectivity index (χ1n) is 12.7. The molecule has 4 aromatic rings. The average molecular weight is 478 g/mol. The molecular weight excluding hydrogens is 442 g/mol. The number of carbonyl (C=O) groups is 1. The Morgan fingerprint density at radius 1 is 0.861 bits per heavy atom. The Bertz CT molecular complexity index is 1450. The van der Waals surface area contributed by atoms with Gasteiger partial charge in [0, 0.05) is 28.9 Å². The van der Waals surface area contributed by atoms with Crippen LogP contribution in [-0.2, 0) is 18.5 Å². The molecule has 1 aromatic heterocycles. The van der Waals surface area contributed by atoms with Crippen LogP contribution < -0.4 is 4.90 Å². The van der Waals surface area contributed by atoms with Crippen LogP contribution in [0, 0.1) is 20.8 Å². The second-order valence-corrected chi connectivity index (χ2v) is 11.2. The lowest BCUT2D eigenvalue weighted by molar-refractivity contribution is 0.101. The number of para-hydroxylation sites is 1. The summed E-state index contributed by atoms with van der Waals surface area (Å²) in [4.78, 5) is 14.4. The summed E-state index contributed by atoms with van der Waals surface area (Å²) in [5.74, 6) is 0.0791. The van der Waals surface area contributed by atoms with Gasteiger partial charge >= 0.3 is 0 Å². The van der Waals surface area contributed by atoms with Gasteiger partial charge in [0.1, 0.15) is 0 Å². The number of benzene rings is 3. The predicted molar refractivity (Wildman–Crippen MR) is 148 cm³/mol. The lowest BCUT2D eigenvalue weighted by Crippen LogP contribution is -2.19. The van der Waals surface area contributed by atoms with Gasteiger partial charge in [0.05, 0.1) is 23.6 Å². The van der Waals surface area contributed by atoms with Crippen LogP contribution in [0.15, 0.2) is 60.7 Å². The summed E-state index contributed by atoms with van der Waals surface area (Å²) in [5, 5.41) is 5.20. The number of rotatable bonds is 4. The largest absolute Gasteiger partial charge is 0.361 e. The topological polar surface area (TPSA) is 38.1 Å². The lowest BCUT2D eigenvalue weighted by atomic mass is 9.86. The number of fused-ring (bicyclic) bond motifs is 1. The summed E-state index contributed by atoms with van der Waals surface area (Å²) in [6, 6.07) is 21.2. The molecular formula is C32H35N3O. The van der Waals surface area contributed by atoms with E-state index < -0.39 is 0 Å². The molecule has 4 heteroatoms. The third-order valence-corrected chi connectivity index (χ3v) is 7.39. The summed E-state index contributed by atoms with van der Waals surface area (Å²) in [5.41, 5.74) is 12.8. The maximum Gasteiger partial charge on any atom is 0.159 e. The van der Waals surface area contributed by atoms with Gasteiger partial charge in [-0.3, -0.25) is 4.79 Å². The molecule has 2 heterocycles. The molecule has 0 aliphatic carbocycles. The zero-order valence-electron chi connectivity index (χ0n) is 22.4. The number of hydrogen-bond acceptors (Lipinski definition) is 3. The fourth-order valence-electron chi connectivity index (χ4n) is 5.26. The first-order valence-corrected chi connectivity index (χ1v) is 12.7. The van der Waals surface area contributed by atoms with Crippen molar-refractivity contribution >= 4 is 11.5 Å². The normalized spacial score (nSPS) is 13.2. The lowest BCUT2D eigenvalue weighted by Gasteiger charge is -2.26. The van der Waals surface area contributed by atoms with Crippen molar-refractivity contribution in [3.63, 3.8) is 0 Å². The van der Waals surface area contributed by atoms with Gasteiger partial charge in [-0.25, -0.2) is 4.68 Å². The number of nitrogens with zero attached hydrogens (tertiary/aromatic N) is 3. The molecule has 1 aliphatic heterocycles. The van der Waals surface area contributed by atoms with E-state index in [1.54, 1.807) is 6.92 Å². The highest BCUT2D eigenvalue weighted by molar-refractivity contribution is 5.94. The van der Waals surface area contributed by atoms with E-state index in [1.807, 2.05) is 12.1 Å². The van der Waals surface area contributed by atoms with E-state index in [0.717, 1.165) is 41.3 Å². The van der Waals surface area contributed by atoms with Gasteiger partial charge in [0.2, 0.25) is 0 Å². The molecule has 184 valence electrons. The fourth-order valence-corrected chi connectivity index (χ4v) is 5.26. The highest BCUT2D eigenvalue weighted by Crippen LogP contribution is 2.39. The molecule has 0 spiro atoms. The quantitative estimate of drug-likeness (QED) is 0.286. The maximum atomic E-state index is 11.9. The highest BCUT2D eigenvalue weighted by atomic mass is 16.1. The molecule has 4 nitrogen and oxygen atoms in total. The van der Waals surface area contributed by atoms with E-state index in [0.29, 0.717) is 0 Å². The van der Waals surface area contributed by atoms with Crippen LogP contribution in [0.5, 0.6) is 0 Å². The van der Waals surface area contributed by atoms with Gasteiger partial charge in [-0.1, -0.05) is 75.4 Å². The van der Waals surface area contributed by atoms with Crippen molar-refractivity contribution in [3.05, 3.63) is 99.7 Å². The van der Waals surface area contributed by atoms with Crippen LogP contribution in [0.25, 0.3) is 16.9 Å². The molecule has 0 unspecified atom stereocenters. The van der Waals surface area contributed by atoms with Crippen LogP contribution in [0.3, 0.4) is 0 Å². The molecule has 1 aliphatic rings. The standard InChI is InChI=1S/C32H35N3O/c1-20-11-16-26(32(5,6)7)17-29(20)34-18-27-28(19-34)33-35(30-21(2)9-8-10-22(30)3)31(27)25-14-12-24(13-15-25)23(4)36/h8-17H,18-19H2,1-7H3. The van der Waals surface area contributed by atoms with Gasteiger partial charge < -0.3 is 4.90 Å². The monoisotopic (exact) mass is 477 g/mol. The molecule has 5 rings (SSSR count). The van der Waals surface area contributed by atoms with Crippen LogP contribution in [0.4, 0.5) is 5.69 Å². The van der Waals surface area contributed by atoms with E-state index >= 15 is 0 Å². The molecule has 36 heavy (non-hydrogen) atoms. The molecule has 0 amide bonds. The van der Waals surface area contributed by atoms with E-state index in [9.17, 15) is 4.79 Å². The van der Waals surface area contributed by atoms with Crippen LogP contribution in [0.2, 0.25) is 0 Å². The predicted octanol–water partition coefficient (Wildman–Crippen LogP) is 7.48. The number of ketones is 1. The molecule has 0 fully saturated rings. The van der Waals surface area contributed by atoms with Crippen LogP contribution in [0.1, 0.15) is 71.6 Å². The van der Waals surface area contributed by atoms with Gasteiger partial charge in [0.15, 0.2) is 5.78 Å². The smallest absolute Gasteiger partial charge is 0.159 e. The minimum absolute atomic E-state index is 0.0791. The van der Waals surface area contributed by atoms with Crippen molar-refractivity contribution in [3.8, 4) is 16.9 Å². The molecule has 0 N–H and O–H groups in total. The number of Topliss-reactive ketones (excluding diaryl/α,β-unsaturated/α-hetero) is 1. The third kappa shape index (κ3) is 4.15. The zero-order valence-corrected chi connectivity index (χ0v) is 22.4. The first kappa shape index (κ1) is 24.1. The summed E-state index contributed by atoms with van der Waals surface area (Å²) < 4.78 is 2.13. The number of carbonyl (C=O) groups excluding carboxylic acids is 1. The Morgan fingerprint density at radius 3 is 2.14 bits per heavy atom. The third-order valence-electron chi connectivity index (χ3n) is 7.39. The van der Waals surface area contributed by atoms with Crippen molar-refractivity contribution in [1.29, 1.82) is 0 Å². The van der Waals surface area contributed by atoms with Gasteiger partial charge in [-0.05, 0) is 61.4 Å². The number of hydrogen-bond donors (Lipinski definition) is 0. The Morgan fingerprint density at radius 2 is 1.53 bits per heavy atom. The Balaban J connectivity index is 1.64. The fraction of sp³-hybridized carbons (Fsp3) is 0.312. The van der Waals surface area contributed by atoms with Crippen molar-refractivity contribution in [2.75, 3.05) is 4.90 Å². The van der Waals surface area contributed by atoms with Crippen LogP contribution in [-0.4, -0.2) is 15.6 Å². The minimum Gasteiger partial charge on any atom is -0.361 e. The van der Waals surface area contributed by atoms with E-state index in [2.05, 4.69) is 99.7 Å². The second-order valence-electron chi connectivity index (χ2n) is 11.2. The molecule has 0 atom stereocenters. The molecule has 0 saturated carbocycles. The summed E-state index contributed by atoms with van der Waals surface area (Å²) in [6.45, 7) is 16.5. The molecule has 0 bridgehead atoms. The zero-order chi connectivity index (χ0) is 25.8. The van der Waals surface area contributed by atoms with E-state index in [4.69, 9.17) is 5.10 Å². The average Bonchev–Trinajstić information content (AvgIpc) is 3.36. The molecule has 0 radical (unpaired) electrons. The second kappa shape index (κ2) is 8.77. The summed E-state index contributed by atoms with van der Waals surface area (Å²) in [7, 11) is 0. The van der Waals surface area contributed by atoms with Gasteiger partial charge in [0.25, 0.3) is 0 Å². The van der Waals surface area contributed by atoms with E-state index in [1.165, 1.54) is 33.5 Å². The SMILES string of the molecule is CC(=O)c1ccc(-c2c3c(nn2-c2c(C)cccc2C)CN(c2cc(C(C)(C)C)ccc2C)C3)cc1. The number of anilines is 1. The molecule has 3 aromatic carbocycles. The van der Waals surface area contributed by atoms with Crippen molar-refractivity contribution in [2.24, 2.45) is 0 Å². The van der Waals surface area contributed by atoms with Gasteiger partial charge in [-0.15, -0.1) is 0 Å².